The lowest BCUT2D eigenvalue weighted by molar-refractivity contribution is -0.0498. The van der Waals surface area contributed by atoms with Crippen LogP contribution in [-0.2, 0) is 0 Å². The Morgan fingerprint density at radius 2 is 1.75 bits per heavy atom. The molecular formula is C17H17F4NO2. The van der Waals surface area contributed by atoms with Gasteiger partial charge in [-0.15, -0.1) is 0 Å². The number of ether oxygens (including phenoxy) is 1. The van der Waals surface area contributed by atoms with E-state index >= 15 is 0 Å². The maximum absolute atomic E-state index is 13.6. The standard InChI is InChI=1S/C17H17F4NO2/c1-10(11-2-5-13(6-3-11)24-17(20)21)22-9-16(23)14-8-12(18)4-7-15(14)19/h2-8,10,16-17,22-23H,9H2,1H3. The second-order valence-electron chi connectivity index (χ2n) is 5.26. The van der Waals surface area contributed by atoms with Gasteiger partial charge in [0, 0.05) is 18.2 Å². The Balaban J connectivity index is 1.94. The van der Waals surface area contributed by atoms with E-state index in [-0.39, 0.29) is 23.9 Å². The van der Waals surface area contributed by atoms with Gasteiger partial charge in [-0.3, -0.25) is 0 Å². The normalized spacial score (nSPS) is 13.8. The van der Waals surface area contributed by atoms with Gasteiger partial charge in [0.25, 0.3) is 0 Å². The van der Waals surface area contributed by atoms with Gasteiger partial charge in [-0.2, -0.15) is 8.78 Å². The Morgan fingerprint density at radius 3 is 2.38 bits per heavy atom. The van der Waals surface area contributed by atoms with Gasteiger partial charge in [0.2, 0.25) is 0 Å². The Bertz CT molecular complexity index is 664. The van der Waals surface area contributed by atoms with E-state index in [0.717, 1.165) is 23.8 Å². The molecule has 3 nitrogen and oxygen atoms in total. The zero-order valence-corrected chi connectivity index (χ0v) is 12.8. The lowest BCUT2D eigenvalue weighted by Crippen LogP contribution is -2.25. The molecule has 0 radical (unpaired) electrons. The van der Waals surface area contributed by atoms with Crippen molar-refractivity contribution in [1.82, 2.24) is 5.32 Å². The fourth-order valence-corrected chi connectivity index (χ4v) is 2.22. The summed E-state index contributed by atoms with van der Waals surface area (Å²) >= 11 is 0. The molecule has 0 saturated heterocycles. The SMILES string of the molecule is CC(NCC(O)c1cc(F)ccc1F)c1ccc(OC(F)F)cc1. The van der Waals surface area contributed by atoms with Gasteiger partial charge in [-0.1, -0.05) is 12.1 Å². The number of hydrogen-bond acceptors (Lipinski definition) is 3. The Hall–Kier alpha value is -2.12. The summed E-state index contributed by atoms with van der Waals surface area (Å²) in [4.78, 5) is 0. The number of alkyl halides is 2. The quantitative estimate of drug-likeness (QED) is 0.748. The molecule has 2 N–H and O–H groups in total. The molecule has 2 atom stereocenters. The van der Waals surface area contributed by atoms with Crippen LogP contribution >= 0.6 is 0 Å². The van der Waals surface area contributed by atoms with E-state index in [1.807, 2.05) is 0 Å². The Labute approximate surface area is 136 Å². The highest BCUT2D eigenvalue weighted by molar-refractivity contribution is 5.29. The van der Waals surface area contributed by atoms with Crippen molar-refractivity contribution in [3.8, 4) is 5.75 Å². The predicted octanol–water partition coefficient (Wildman–Crippen LogP) is 3.95. The predicted molar refractivity (Wildman–Crippen MR) is 80.8 cm³/mol. The fraction of sp³-hybridized carbons (Fsp3) is 0.294. The summed E-state index contributed by atoms with van der Waals surface area (Å²) in [5.41, 5.74) is 0.638. The molecule has 2 rings (SSSR count). The first-order valence-corrected chi connectivity index (χ1v) is 7.28. The molecule has 0 aliphatic rings. The van der Waals surface area contributed by atoms with Crippen LogP contribution in [-0.4, -0.2) is 18.3 Å². The zero-order valence-electron chi connectivity index (χ0n) is 12.8. The molecule has 0 aromatic heterocycles. The van der Waals surface area contributed by atoms with Crippen molar-refractivity contribution < 1.29 is 27.4 Å². The molecule has 7 heteroatoms. The number of rotatable bonds is 7. The summed E-state index contributed by atoms with van der Waals surface area (Å²) in [7, 11) is 0. The molecule has 0 amide bonds. The fourth-order valence-electron chi connectivity index (χ4n) is 2.22. The first-order valence-electron chi connectivity index (χ1n) is 7.28. The van der Waals surface area contributed by atoms with Gasteiger partial charge in [0.1, 0.15) is 17.4 Å². The van der Waals surface area contributed by atoms with Crippen LogP contribution in [0.15, 0.2) is 42.5 Å². The first kappa shape index (κ1) is 18.2. The molecule has 24 heavy (non-hydrogen) atoms. The van der Waals surface area contributed by atoms with Crippen molar-refractivity contribution in [3.63, 3.8) is 0 Å². The molecule has 0 aliphatic carbocycles. The van der Waals surface area contributed by atoms with Crippen LogP contribution in [0.25, 0.3) is 0 Å². The summed E-state index contributed by atoms with van der Waals surface area (Å²) in [5.74, 6) is -1.28. The number of nitrogens with one attached hydrogen (secondary N) is 1. The van der Waals surface area contributed by atoms with Gasteiger partial charge in [0.15, 0.2) is 0 Å². The Morgan fingerprint density at radius 1 is 1.08 bits per heavy atom. The Kier molecular flexibility index (Phi) is 6.16. The molecule has 2 unspecified atom stereocenters. The first-order chi connectivity index (χ1) is 11.4. The minimum absolute atomic E-state index is 0.00315. The maximum atomic E-state index is 13.6. The van der Waals surface area contributed by atoms with Crippen LogP contribution in [0.3, 0.4) is 0 Å². The van der Waals surface area contributed by atoms with Crippen molar-refractivity contribution in [2.75, 3.05) is 6.54 Å². The lowest BCUT2D eigenvalue weighted by atomic mass is 10.1. The van der Waals surface area contributed by atoms with Crippen LogP contribution in [0, 0.1) is 11.6 Å². The zero-order chi connectivity index (χ0) is 17.7. The van der Waals surface area contributed by atoms with E-state index in [1.54, 1.807) is 19.1 Å². The van der Waals surface area contributed by atoms with E-state index in [2.05, 4.69) is 10.1 Å². The van der Waals surface area contributed by atoms with Gasteiger partial charge in [-0.25, -0.2) is 8.78 Å². The second-order valence-corrected chi connectivity index (χ2v) is 5.26. The van der Waals surface area contributed by atoms with E-state index in [1.165, 1.54) is 12.1 Å². The van der Waals surface area contributed by atoms with Crippen LogP contribution < -0.4 is 10.1 Å². The molecule has 0 aliphatic heterocycles. The number of hydrogen-bond donors (Lipinski definition) is 2. The molecule has 2 aromatic carbocycles. The van der Waals surface area contributed by atoms with Crippen LogP contribution in [0.1, 0.15) is 30.2 Å². The number of aliphatic hydroxyl groups excluding tert-OH is 1. The third kappa shape index (κ3) is 4.94. The summed E-state index contributed by atoms with van der Waals surface area (Å²) in [5, 5.41) is 13.0. The van der Waals surface area contributed by atoms with E-state index in [0.29, 0.717) is 0 Å². The van der Waals surface area contributed by atoms with Gasteiger partial charge < -0.3 is 15.2 Å². The van der Waals surface area contributed by atoms with Crippen LogP contribution in [0.5, 0.6) is 5.75 Å². The molecule has 0 heterocycles. The highest BCUT2D eigenvalue weighted by Gasteiger charge is 2.15. The van der Waals surface area contributed by atoms with Crippen molar-refractivity contribution in [2.45, 2.75) is 25.7 Å². The molecule has 0 bridgehead atoms. The highest BCUT2D eigenvalue weighted by Crippen LogP contribution is 2.21. The summed E-state index contributed by atoms with van der Waals surface area (Å²) in [6.45, 7) is -1.10. The average molecular weight is 343 g/mol. The average Bonchev–Trinajstić information content (AvgIpc) is 2.54. The smallest absolute Gasteiger partial charge is 0.387 e. The van der Waals surface area contributed by atoms with Crippen molar-refractivity contribution >= 4 is 0 Å². The maximum Gasteiger partial charge on any atom is 0.387 e. The summed E-state index contributed by atoms with van der Waals surface area (Å²) in [6, 6.07) is 8.66. The van der Waals surface area contributed by atoms with Crippen LogP contribution in [0.2, 0.25) is 0 Å². The number of aliphatic hydroxyl groups is 1. The molecule has 0 spiro atoms. The van der Waals surface area contributed by atoms with Gasteiger partial charge in [-0.05, 0) is 42.8 Å². The van der Waals surface area contributed by atoms with Gasteiger partial charge >= 0.3 is 6.61 Å². The van der Waals surface area contributed by atoms with Crippen molar-refractivity contribution in [3.05, 3.63) is 65.2 Å². The summed E-state index contributed by atoms with van der Waals surface area (Å²) in [6.07, 6.45) is -1.22. The van der Waals surface area contributed by atoms with Crippen molar-refractivity contribution in [1.29, 1.82) is 0 Å². The highest BCUT2D eigenvalue weighted by atomic mass is 19.3. The molecule has 0 saturated carbocycles. The third-order valence-electron chi connectivity index (χ3n) is 3.54. The van der Waals surface area contributed by atoms with E-state index in [9.17, 15) is 22.7 Å². The second kappa shape index (κ2) is 8.12. The summed E-state index contributed by atoms with van der Waals surface area (Å²) < 4.78 is 55.2. The largest absolute Gasteiger partial charge is 0.435 e. The lowest BCUT2D eigenvalue weighted by Gasteiger charge is -2.18. The van der Waals surface area contributed by atoms with Crippen LogP contribution in [0.4, 0.5) is 17.6 Å². The monoisotopic (exact) mass is 343 g/mol. The van der Waals surface area contributed by atoms with E-state index in [4.69, 9.17) is 0 Å². The van der Waals surface area contributed by atoms with Gasteiger partial charge in [0.05, 0.1) is 6.10 Å². The van der Waals surface area contributed by atoms with E-state index < -0.39 is 24.3 Å². The minimum Gasteiger partial charge on any atom is -0.435 e. The minimum atomic E-state index is -2.89. The number of benzene rings is 2. The molecule has 0 fully saturated rings. The molecule has 2 aromatic rings. The van der Waals surface area contributed by atoms with Crippen molar-refractivity contribution in [2.24, 2.45) is 0 Å². The third-order valence-corrected chi connectivity index (χ3v) is 3.54. The topological polar surface area (TPSA) is 41.5 Å². The molecular weight excluding hydrogens is 326 g/mol. The molecule has 130 valence electrons. The number of halogens is 4.